The minimum atomic E-state index is 0.0182. The van der Waals surface area contributed by atoms with Crippen LogP contribution in [0.15, 0.2) is 30.3 Å². The van der Waals surface area contributed by atoms with Gasteiger partial charge in [-0.25, -0.2) is 0 Å². The number of ether oxygens (including phenoxy) is 2. The van der Waals surface area contributed by atoms with Crippen LogP contribution in [-0.4, -0.2) is 54.9 Å². The zero-order valence-electron chi connectivity index (χ0n) is 19.4. The van der Waals surface area contributed by atoms with E-state index in [1.807, 2.05) is 0 Å². The van der Waals surface area contributed by atoms with E-state index in [4.69, 9.17) is 9.47 Å². The number of carbonyl (C=O) groups is 1. The third-order valence-corrected chi connectivity index (χ3v) is 9.54. The minimum absolute atomic E-state index is 0.0182. The van der Waals surface area contributed by atoms with Crippen molar-refractivity contribution >= 4 is 5.97 Å². The largest absolute Gasteiger partial charge is 0.462 e. The molecule has 5 nitrogen and oxygen atoms in total. The fourth-order valence-electron chi connectivity index (χ4n) is 7.62. The molecule has 1 aromatic carbocycles. The Balaban J connectivity index is 1.04. The van der Waals surface area contributed by atoms with Crippen molar-refractivity contribution in [2.24, 2.45) is 23.2 Å². The topological polar surface area (TPSA) is 54.1 Å². The van der Waals surface area contributed by atoms with Gasteiger partial charge in [0, 0.05) is 25.0 Å². The summed E-state index contributed by atoms with van der Waals surface area (Å²) in [6, 6.07) is 11.3. The smallest absolute Gasteiger partial charge is 0.310 e. The molecule has 1 spiro atoms. The average molecular weight is 439 g/mol. The Morgan fingerprint density at radius 3 is 2.69 bits per heavy atom. The first-order chi connectivity index (χ1) is 15.5. The summed E-state index contributed by atoms with van der Waals surface area (Å²) in [5.41, 5.74) is 1.81. The fraction of sp³-hybridized carbons (Fsp3) is 0.741. The molecule has 6 atom stereocenters. The van der Waals surface area contributed by atoms with E-state index in [2.05, 4.69) is 47.5 Å². The van der Waals surface area contributed by atoms with E-state index >= 15 is 0 Å². The van der Waals surface area contributed by atoms with E-state index in [9.17, 15) is 4.79 Å². The minimum Gasteiger partial charge on any atom is -0.462 e. The molecule has 0 unspecified atom stereocenters. The maximum atomic E-state index is 12.9. The summed E-state index contributed by atoms with van der Waals surface area (Å²) in [6.45, 7) is 7.42. The second kappa shape index (κ2) is 8.11. The Morgan fingerprint density at radius 1 is 1.16 bits per heavy atom. The molecule has 2 saturated carbocycles. The SMILES string of the molecule is C[C@]12CCC[C@@]3(CO3)[C@@H]1C[C@H]1[C@@H](C2)OC(=O)[C@@H]1CNC1CCN(Cc2ccccc2)CC1. The Morgan fingerprint density at radius 2 is 1.94 bits per heavy atom. The molecule has 3 saturated heterocycles. The van der Waals surface area contributed by atoms with Gasteiger partial charge in [0.05, 0.1) is 18.1 Å². The van der Waals surface area contributed by atoms with Gasteiger partial charge in [-0.05, 0) is 74.9 Å². The van der Waals surface area contributed by atoms with Crippen LogP contribution in [0.3, 0.4) is 0 Å². The highest BCUT2D eigenvalue weighted by molar-refractivity contribution is 5.75. The standard InChI is InChI=1S/C27H38N2O3/c1-26-10-5-11-27(18-31-27)24(26)14-21-22(25(30)32-23(21)15-26)16-28-20-8-12-29(13-9-20)17-19-6-3-2-4-7-19/h2-4,6-7,20-24,28H,5,8-18H2,1H3/t21-,22-,23-,24-,26-,27-/m1/s1. The highest BCUT2D eigenvalue weighted by Crippen LogP contribution is 2.62. The lowest BCUT2D eigenvalue weighted by atomic mass is 9.53. The summed E-state index contributed by atoms with van der Waals surface area (Å²) in [7, 11) is 0. The van der Waals surface area contributed by atoms with E-state index in [1.54, 1.807) is 0 Å². The quantitative estimate of drug-likeness (QED) is 0.560. The maximum Gasteiger partial charge on any atom is 0.310 e. The number of nitrogens with zero attached hydrogens (tertiary/aromatic N) is 1. The number of piperidine rings is 1. The van der Waals surface area contributed by atoms with Crippen LogP contribution in [0.4, 0.5) is 0 Å². The predicted molar refractivity (Wildman–Crippen MR) is 123 cm³/mol. The lowest BCUT2D eigenvalue weighted by molar-refractivity contribution is -0.147. The summed E-state index contributed by atoms with van der Waals surface area (Å²) in [5.74, 6) is 1.03. The Labute approximate surface area is 192 Å². The van der Waals surface area contributed by atoms with Gasteiger partial charge in [0.2, 0.25) is 0 Å². The summed E-state index contributed by atoms with van der Waals surface area (Å²) >= 11 is 0. The van der Waals surface area contributed by atoms with Crippen LogP contribution in [0.2, 0.25) is 0 Å². The van der Waals surface area contributed by atoms with Gasteiger partial charge in [-0.1, -0.05) is 37.3 Å². The van der Waals surface area contributed by atoms with Gasteiger partial charge in [0.1, 0.15) is 6.10 Å². The molecular formula is C27H38N2O3. The number of fused-ring (bicyclic) bond motifs is 3. The van der Waals surface area contributed by atoms with E-state index in [0.717, 1.165) is 58.5 Å². The monoisotopic (exact) mass is 438 g/mol. The molecule has 0 radical (unpaired) electrons. The van der Waals surface area contributed by atoms with Crippen LogP contribution in [0.1, 0.15) is 57.4 Å². The Kier molecular flexibility index (Phi) is 5.35. The first-order valence-corrected chi connectivity index (χ1v) is 12.9. The number of likely N-dealkylation sites (tertiary alicyclic amines) is 1. The number of carbonyl (C=O) groups excluding carboxylic acids is 1. The Bertz CT molecular complexity index is 833. The summed E-state index contributed by atoms with van der Waals surface area (Å²) in [6.07, 6.45) is 8.30. The van der Waals surface area contributed by atoms with E-state index in [0.29, 0.717) is 17.9 Å². The van der Waals surface area contributed by atoms with E-state index in [-0.39, 0.29) is 29.0 Å². The average Bonchev–Trinajstić information content (AvgIpc) is 3.49. The molecule has 2 aliphatic carbocycles. The van der Waals surface area contributed by atoms with E-state index in [1.165, 1.54) is 24.8 Å². The number of hydrogen-bond acceptors (Lipinski definition) is 5. The van der Waals surface area contributed by atoms with Gasteiger partial charge >= 0.3 is 5.97 Å². The predicted octanol–water partition coefficient (Wildman–Crippen LogP) is 3.77. The van der Waals surface area contributed by atoms with Gasteiger partial charge < -0.3 is 14.8 Å². The van der Waals surface area contributed by atoms with Crippen molar-refractivity contribution in [1.82, 2.24) is 10.2 Å². The van der Waals surface area contributed by atoms with Crippen LogP contribution in [0, 0.1) is 23.2 Å². The molecule has 1 N–H and O–H groups in total. The maximum absolute atomic E-state index is 12.9. The van der Waals surface area contributed by atoms with Crippen molar-refractivity contribution in [2.75, 3.05) is 26.2 Å². The number of hydrogen-bond donors (Lipinski definition) is 1. The molecule has 6 rings (SSSR count). The molecule has 5 heteroatoms. The molecular weight excluding hydrogens is 400 g/mol. The van der Waals surface area contributed by atoms with Crippen molar-refractivity contribution in [3.63, 3.8) is 0 Å². The summed E-state index contributed by atoms with van der Waals surface area (Å²) < 4.78 is 12.0. The van der Waals surface area contributed by atoms with Crippen molar-refractivity contribution in [3.05, 3.63) is 35.9 Å². The van der Waals surface area contributed by atoms with Crippen molar-refractivity contribution in [2.45, 2.75) is 76.2 Å². The number of rotatable bonds is 5. The molecule has 174 valence electrons. The normalized spacial score (nSPS) is 41.8. The lowest BCUT2D eigenvalue weighted by Crippen LogP contribution is -2.51. The van der Waals surface area contributed by atoms with Gasteiger partial charge in [-0.15, -0.1) is 0 Å². The number of benzene rings is 1. The summed E-state index contributed by atoms with van der Waals surface area (Å²) in [5, 5.41) is 3.77. The van der Waals surface area contributed by atoms with Crippen molar-refractivity contribution < 1.29 is 14.3 Å². The second-order valence-electron chi connectivity index (χ2n) is 11.5. The number of esters is 1. The van der Waals surface area contributed by atoms with Crippen molar-refractivity contribution in [3.8, 4) is 0 Å². The molecule has 5 aliphatic rings. The van der Waals surface area contributed by atoms with E-state index < -0.39 is 0 Å². The zero-order valence-corrected chi connectivity index (χ0v) is 19.4. The zero-order chi connectivity index (χ0) is 21.8. The molecule has 0 aromatic heterocycles. The van der Waals surface area contributed by atoms with Gasteiger partial charge in [-0.2, -0.15) is 0 Å². The molecule has 3 heterocycles. The van der Waals surface area contributed by atoms with Crippen molar-refractivity contribution in [1.29, 1.82) is 0 Å². The van der Waals surface area contributed by atoms with Gasteiger partial charge in [0.25, 0.3) is 0 Å². The highest BCUT2D eigenvalue weighted by atomic mass is 16.6. The Hall–Kier alpha value is -1.43. The summed E-state index contributed by atoms with van der Waals surface area (Å²) in [4.78, 5) is 15.4. The van der Waals surface area contributed by atoms with Crippen LogP contribution in [-0.2, 0) is 20.8 Å². The molecule has 0 bridgehead atoms. The van der Waals surface area contributed by atoms with Crippen LogP contribution >= 0.6 is 0 Å². The van der Waals surface area contributed by atoms with Crippen LogP contribution in [0.5, 0.6) is 0 Å². The second-order valence-corrected chi connectivity index (χ2v) is 11.5. The highest BCUT2D eigenvalue weighted by Gasteiger charge is 2.65. The third-order valence-electron chi connectivity index (χ3n) is 9.54. The molecule has 5 fully saturated rings. The third kappa shape index (κ3) is 3.80. The molecule has 0 amide bonds. The first-order valence-electron chi connectivity index (χ1n) is 12.9. The van der Waals surface area contributed by atoms with Gasteiger partial charge in [0.15, 0.2) is 0 Å². The molecule has 3 aliphatic heterocycles. The van der Waals surface area contributed by atoms with Gasteiger partial charge in [-0.3, -0.25) is 9.69 Å². The van der Waals surface area contributed by atoms with Crippen LogP contribution < -0.4 is 5.32 Å². The first kappa shape index (κ1) is 21.1. The number of nitrogens with one attached hydrogen (secondary N) is 1. The molecule has 32 heavy (non-hydrogen) atoms. The molecule has 1 aromatic rings. The number of epoxide rings is 1. The fourth-order valence-corrected chi connectivity index (χ4v) is 7.62. The lowest BCUT2D eigenvalue weighted by Gasteiger charge is -2.51. The van der Waals surface area contributed by atoms with Crippen LogP contribution in [0.25, 0.3) is 0 Å².